The minimum Gasteiger partial charge on any atom is -0.496 e. The molecule has 0 saturated carbocycles. The van der Waals surface area contributed by atoms with Crippen LogP contribution in [-0.2, 0) is 6.54 Å². The molecular weight excluding hydrogens is 280 g/mol. The van der Waals surface area contributed by atoms with Gasteiger partial charge < -0.3 is 15.4 Å². The first-order valence-corrected chi connectivity index (χ1v) is 6.81. The van der Waals surface area contributed by atoms with E-state index in [1.165, 1.54) is 5.56 Å². The highest BCUT2D eigenvalue weighted by atomic mass is 79.9. The Morgan fingerprint density at radius 3 is 2.71 bits per heavy atom. The standard InChI is InChI=1S/C13H21BrN2O/c1-3-15-7-4-8-16-10-11-9-12(14)5-6-13(11)17-2/h5-6,9,15-16H,3-4,7-8,10H2,1-2H3. The number of benzene rings is 1. The van der Waals surface area contributed by atoms with Crippen LogP contribution in [0.3, 0.4) is 0 Å². The van der Waals surface area contributed by atoms with Crippen LogP contribution in [0.15, 0.2) is 22.7 Å². The Hall–Kier alpha value is -0.580. The summed E-state index contributed by atoms with van der Waals surface area (Å²) in [6, 6.07) is 6.07. The molecule has 4 heteroatoms. The molecule has 17 heavy (non-hydrogen) atoms. The fourth-order valence-electron chi connectivity index (χ4n) is 1.62. The Kier molecular flexibility index (Phi) is 7.24. The maximum atomic E-state index is 5.32. The molecule has 0 aromatic heterocycles. The number of halogens is 1. The predicted molar refractivity (Wildman–Crippen MR) is 75.6 cm³/mol. The van der Waals surface area contributed by atoms with E-state index in [1.54, 1.807) is 7.11 Å². The van der Waals surface area contributed by atoms with E-state index in [0.717, 1.165) is 42.8 Å². The highest BCUT2D eigenvalue weighted by Crippen LogP contribution is 2.22. The largest absolute Gasteiger partial charge is 0.496 e. The van der Waals surface area contributed by atoms with Gasteiger partial charge >= 0.3 is 0 Å². The molecule has 3 nitrogen and oxygen atoms in total. The van der Waals surface area contributed by atoms with Crippen molar-refractivity contribution in [3.8, 4) is 5.75 Å². The number of nitrogens with one attached hydrogen (secondary N) is 2. The van der Waals surface area contributed by atoms with Gasteiger partial charge in [0.15, 0.2) is 0 Å². The molecule has 2 N–H and O–H groups in total. The van der Waals surface area contributed by atoms with Crippen LogP contribution in [0.25, 0.3) is 0 Å². The van der Waals surface area contributed by atoms with Gasteiger partial charge in [-0.1, -0.05) is 22.9 Å². The molecule has 0 atom stereocenters. The molecule has 0 fully saturated rings. The topological polar surface area (TPSA) is 33.3 Å². The van der Waals surface area contributed by atoms with E-state index in [0.29, 0.717) is 0 Å². The molecule has 0 radical (unpaired) electrons. The summed E-state index contributed by atoms with van der Waals surface area (Å²) in [4.78, 5) is 0. The Morgan fingerprint density at radius 2 is 2.00 bits per heavy atom. The monoisotopic (exact) mass is 300 g/mol. The van der Waals surface area contributed by atoms with Crippen molar-refractivity contribution in [1.29, 1.82) is 0 Å². The van der Waals surface area contributed by atoms with Gasteiger partial charge in [0.1, 0.15) is 5.75 Å². The molecule has 0 unspecified atom stereocenters. The summed E-state index contributed by atoms with van der Waals surface area (Å²) in [5.74, 6) is 0.937. The van der Waals surface area contributed by atoms with E-state index in [9.17, 15) is 0 Å². The van der Waals surface area contributed by atoms with E-state index < -0.39 is 0 Å². The van der Waals surface area contributed by atoms with Crippen molar-refractivity contribution in [2.24, 2.45) is 0 Å². The lowest BCUT2D eigenvalue weighted by molar-refractivity contribution is 0.407. The molecule has 0 aliphatic carbocycles. The lowest BCUT2D eigenvalue weighted by Crippen LogP contribution is -2.21. The van der Waals surface area contributed by atoms with Crippen LogP contribution in [0.5, 0.6) is 5.75 Å². The van der Waals surface area contributed by atoms with E-state index in [1.807, 2.05) is 12.1 Å². The zero-order valence-corrected chi connectivity index (χ0v) is 12.1. The fourth-order valence-corrected chi connectivity index (χ4v) is 2.03. The van der Waals surface area contributed by atoms with Gasteiger partial charge in [0.05, 0.1) is 7.11 Å². The van der Waals surface area contributed by atoms with E-state index in [4.69, 9.17) is 4.74 Å². The molecule has 1 aromatic carbocycles. The summed E-state index contributed by atoms with van der Waals surface area (Å²) < 4.78 is 6.41. The third kappa shape index (κ3) is 5.52. The van der Waals surface area contributed by atoms with Gasteiger partial charge in [-0.05, 0) is 44.3 Å². The summed E-state index contributed by atoms with van der Waals surface area (Å²) in [5, 5.41) is 6.73. The second kappa shape index (κ2) is 8.50. The van der Waals surface area contributed by atoms with Crippen LogP contribution >= 0.6 is 15.9 Å². The Labute approximate surface area is 112 Å². The van der Waals surface area contributed by atoms with Crippen LogP contribution in [0, 0.1) is 0 Å². The Morgan fingerprint density at radius 1 is 1.24 bits per heavy atom. The van der Waals surface area contributed by atoms with Gasteiger partial charge in [-0.25, -0.2) is 0 Å². The number of ether oxygens (including phenoxy) is 1. The summed E-state index contributed by atoms with van der Waals surface area (Å²) in [6.07, 6.45) is 1.14. The highest BCUT2D eigenvalue weighted by molar-refractivity contribution is 9.10. The minimum absolute atomic E-state index is 0.842. The highest BCUT2D eigenvalue weighted by Gasteiger charge is 2.02. The van der Waals surface area contributed by atoms with Crippen LogP contribution in [-0.4, -0.2) is 26.7 Å². The van der Waals surface area contributed by atoms with E-state index in [2.05, 4.69) is 39.6 Å². The smallest absolute Gasteiger partial charge is 0.123 e. The zero-order chi connectivity index (χ0) is 12.5. The normalized spacial score (nSPS) is 10.5. The molecule has 1 rings (SSSR count). The molecule has 0 aliphatic heterocycles. The summed E-state index contributed by atoms with van der Waals surface area (Å²) in [5.41, 5.74) is 1.19. The van der Waals surface area contributed by atoms with Crippen molar-refractivity contribution in [3.05, 3.63) is 28.2 Å². The molecule has 0 saturated heterocycles. The van der Waals surface area contributed by atoms with Gasteiger partial charge in [0.25, 0.3) is 0 Å². The molecule has 0 heterocycles. The second-order valence-corrected chi connectivity index (χ2v) is 4.76. The van der Waals surface area contributed by atoms with E-state index >= 15 is 0 Å². The number of hydrogen-bond donors (Lipinski definition) is 2. The summed E-state index contributed by atoms with van der Waals surface area (Å²) in [7, 11) is 1.71. The second-order valence-electron chi connectivity index (χ2n) is 3.84. The maximum absolute atomic E-state index is 5.32. The van der Waals surface area contributed by atoms with Gasteiger partial charge in [-0.2, -0.15) is 0 Å². The summed E-state index contributed by atoms with van der Waals surface area (Å²) in [6.45, 7) is 6.09. The Balaban J connectivity index is 2.32. The quantitative estimate of drug-likeness (QED) is 0.724. The molecular formula is C13H21BrN2O. The lowest BCUT2D eigenvalue weighted by atomic mass is 10.2. The van der Waals surface area contributed by atoms with Crippen LogP contribution in [0.2, 0.25) is 0 Å². The molecule has 0 bridgehead atoms. The zero-order valence-electron chi connectivity index (χ0n) is 10.6. The van der Waals surface area contributed by atoms with Crippen molar-refractivity contribution < 1.29 is 4.74 Å². The number of rotatable bonds is 8. The minimum atomic E-state index is 0.842. The van der Waals surface area contributed by atoms with E-state index in [-0.39, 0.29) is 0 Å². The third-order valence-electron chi connectivity index (χ3n) is 2.52. The van der Waals surface area contributed by atoms with Crippen LogP contribution < -0.4 is 15.4 Å². The first-order valence-electron chi connectivity index (χ1n) is 6.01. The molecule has 96 valence electrons. The maximum Gasteiger partial charge on any atom is 0.123 e. The fraction of sp³-hybridized carbons (Fsp3) is 0.538. The molecule has 0 spiro atoms. The Bertz CT molecular complexity index is 331. The van der Waals surface area contributed by atoms with Crippen molar-refractivity contribution in [2.45, 2.75) is 19.9 Å². The molecule has 0 amide bonds. The van der Waals surface area contributed by atoms with Crippen molar-refractivity contribution in [2.75, 3.05) is 26.7 Å². The lowest BCUT2D eigenvalue weighted by Gasteiger charge is -2.10. The van der Waals surface area contributed by atoms with Gasteiger partial charge in [-0.3, -0.25) is 0 Å². The first kappa shape index (κ1) is 14.5. The van der Waals surface area contributed by atoms with Gasteiger partial charge in [0.2, 0.25) is 0 Å². The van der Waals surface area contributed by atoms with Gasteiger partial charge in [0, 0.05) is 16.6 Å². The van der Waals surface area contributed by atoms with Gasteiger partial charge in [-0.15, -0.1) is 0 Å². The van der Waals surface area contributed by atoms with Crippen molar-refractivity contribution in [1.82, 2.24) is 10.6 Å². The first-order chi connectivity index (χ1) is 8.27. The molecule has 1 aromatic rings. The number of methoxy groups -OCH3 is 1. The van der Waals surface area contributed by atoms with Crippen LogP contribution in [0.1, 0.15) is 18.9 Å². The average molecular weight is 301 g/mol. The van der Waals surface area contributed by atoms with Crippen LogP contribution in [0.4, 0.5) is 0 Å². The average Bonchev–Trinajstić information content (AvgIpc) is 2.34. The summed E-state index contributed by atoms with van der Waals surface area (Å²) >= 11 is 3.48. The van der Waals surface area contributed by atoms with Crippen molar-refractivity contribution in [3.63, 3.8) is 0 Å². The van der Waals surface area contributed by atoms with Crippen molar-refractivity contribution >= 4 is 15.9 Å². The SMILES string of the molecule is CCNCCCNCc1cc(Br)ccc1OC. The molecule has 0 aliphatic rings. The third-order valence-corrected chi connectivity index (χ3v) is 3.01. The predicted octanol–water partition coefficient (Wildman–Crippen LogP) is 2.55. The number of hydrogen-bond acceptors (Lipinski definition) is 3.